The molecule has 1 saturated heterocycles. The molecule has 34 heavy (non-hydrogen) atoms. The van der Waals surface area contributed by atoms with E-state index in [1.165, 1.54) is 25.7 Å². The summed E-state index contributed by atoms with van der Waals surface area (Å²) in [5.74, 6) is 0.428. The molecule has 3 aromatic rings. The van der Waals surface area contributed by atoms with Gasteiger partial charge in [0.2, 0.25) is 5.91 Å². The molecule has 7 heteroatoms. The van der Waals surface area contributed by atoms with Crippen LogP contribution in [0.3, 0.4) is 0 Å². The van der Waals surface area contributed by atoms with Gasteiger partial charge in [-0.05, 0) is 43.4 Å². The number of carbonyl (C=O) groups excluding carboxylic acids is 1. The maximum atomic E-state index is 13.6. The van der Waals surface area contributed by atoms with Crippen molar-refractivity contribution in [2.24, 2.45) is 5.92 Å². The van der Waals surface area contributed by atoms with Gasteiger partial charge in [0.25, 0.3) is 5.56 Å². The van der Waals surface area contributed by atoms with Gasteiger partial charge in [-0.25, -0.2) is 9.97 Å². The highest BCUT2D eigenvalue weighted by atomic mass is 16.2. The molecule has 0 radical (unpaired) electrons. The van der Waals surface area contributed by atoms with Gasteiger partial charge in [-0.2, -0.15) is 0 Å². The number of anilines is 1. The average Bonchev–Trinajstić information content (AvgIpc) is 3.15. The number of rotatable bonds is 5. The van der Waals surface area contributed by atoms with Gasteiger partial charge in [-0.1, -0.05) is 56.0 Å². The predicted octanol–water partition coefficient (Wildman–Crippen LogP) is 3.90. The smallest absolute Gasteiger partial charge is 0.295 e. The van der Waals surface area contributed by atoms with Crippen molar-refractivity contribution in [1.29, 1.82) is 0 Å². The van der Waals surface area contributed by atoms with Crippen molar-refractivity contribution in [2.45, 2.75) is 64.0 Å². The van der Waals surface area contributed by atoms with Crippen LogP contribution in [0.15, 0.2) is 53.5 Å². The van der Waals surface area contributed by atoms with Crippen LogP contribution in [0, 0.1) is 5.92 Å². The quantitative estimate of drug-likeness (QED) is 0.586. The van der Waals surface area contributed by atoms with E-state index in [-0.39, 0.29) is 17.4 Å². The third-order valence-corrected chi connectivity index (χ3v) is 7.16. The molecule has 2 aromatic heterocycles. The fourth-order valence-corrected chi connectivity index (χ4v) is 5.31. The number of hydrogen-bond acceptors (Lipinski definition) is 5. The van der Waals surface area contributed by atoms with Crippen molar-refractivity contribution in [3.63, 3.8) is 0 Å². The number of benzene rings is 1. The maximum Gasteiger partial charge on any atom is 0.295 e. The van der Waals surface area contributed by atoms with Crippen LogP contribution in [-0.2, 0) is 11.3 Å². The number of aromatic nitrogens is 3. The lowest BCUT2D eigenvalue weighted by atomic mass is 9.96. The van der Waals surface area contributed by atoms with E-state index >= 15 is 0 Å². The zero-order valence-electron chi connectivity index (χ0n) is 19.7. The second-order valence-corrected chi connectivity index (χ2v) is 9.64. The first-order valence-electron chi connectivity index (χ1n) is 12.6. The number of piperidine rings is 1. The monoisotopic (exact) mass is 459 g/mol. The van der Waals surface area contributed by atoms with Crippen molar-refractivity contribution in [2.75, 3.05) is 18.0 Å². The summed E-state index contributed by atoms with van der Waals surface area (Å²) in [5.41, 5.74) is 2.16. The van der Waals surface area contributed by atoms with Crippen LogP contribution in [0.1, 0.15) is 56.9 Å². The van der Waals surface area contributed by atoms with Crippen molar-refractivity contribution in [1.82, 2.24) is 19.9 Å². The number of fused-ring (bicyclic) bond motifs is 1. The molecule has 2 aliphatic rings. The van der Waals surface area contributed by atoms with Gasteiger partial charge >= 0.3 is 0 Å². The molecular formula is C27H33N5O2. The summed E-state index contributed by atoms with van der Waals surface area (Å²) in [6.07, 6.45) is 10.5. The fraction of sp³-hybridized carbons (Fsp3) is 0.481. The lowest BCUT2D eigenvalue weighted by molar-refractivity contribution is -0.126. The standard InChI is InChI=1S/C27H33N5O2/c33-26(29-22-13-6-1-2-7-14-22)21-12-9-17-31(19-21)25-27(34)32(18-20-10-4-3-5-11-20)24-23(30-25)15-8-16-28-24/h3-5,8,10-11,15-16,21-22H,1-2,6-7,9,12-14,17-19H2,(H,29,33). The summed E-state index contributed by atoms with van der Waals surface area (Å²) in [6, 6.07) is 14.0. The molecule has 0 spiro atoms. The SMILES string of the molecule is O=C(NC1CCCCCC1)C1CCCN(c2nc3cccnc3n(Cc3ccccc3)c2=O)C1. The van der Waals surface area contributed by atoms with E-state index in [2.05, 4.69) is 10.3 Å². The zero-order chi connectivity index (χ0) is 23.3. The van der Waals surface area contributed by atoms with Gasteiger partial charge in [0, 0.05) is 25.3 Å². The fourth-order valence-electron chi connectivity index (χ4n) is 5.31. The summed E-state index contributed by atoms with van der Waals surface area (Å²) in [7, 11) is 0. The highest BCUT2D eigenvalue weighted by Crippen LogP contribution is 2.23. The molecule has 178 valence electrons. The number of carbonyl (C=O) groups is 1. The van der Waals surface area contributed by atoms with Crippen LogP contribution < -0.4 is 15.8 Å². The highest BCUT2D eigenvalue weighted by molar-refractivity contribution is 5.80. The summed E-state index contributed by atoms with van der Waals surface area (Å²) in [6.45, 7) is 1.69. The molecule has 1 aliphatic carbocycles. The van der Waals surface area contributed by atoms with Crippen molar-refractivity contribution in [3.05, 3.63) is 64.6 Å². The van der Waals surface area contributed by atoms with Gasteiger partial charge < -0.3 is 10.2 Å². The maximum absolute atomic E-state index is 13.6. The van der Waals surface area contributed by atoms with Crippen molar-refractivity contribution < 1.29 is 4.79 Å². The van der Waals surface area contributed by atoms with Crippen LogP contribution >= 0.6 is 0 Å². The van der Waals surface area contributed by atoms with Gasteiger partial charge in [0.1, 0.15) is 5.52 Å². The second-order valence-electron chi connectivity index (χ2n) is 9.64. The number of pyridine rings is 1. The molecule has 2 fully saturated rings. The van der Waals surface area contributed by atoms with E-state index in [1.54, 1.807) is 10.8 Å². The number of amides is 1. The molecule has 1 amide bonds. The first kappa shape index (κ1) is 22.6. The Bertz CT molecular complexity index is 1180. The van der Waals surface area contributed by atoms with Crippen molar-refractivity contribution >= 4 is 22.9 Å². The van der Waals surface area contributed by atoms with Gasteiger partial charge in [0.05, 0.1) is 12.5 Å². The molecule has 1 atom stereocenters. The Balaban J connectivity index is 1.40. The summed E-state index contributed by atoms with van der Waals surface area (Å²) < 4.78 is 1.71. The molecule has 7 nitrogen and oxygen atoms in total. The molecule has 1 saturated carbocycles. The number of nitrogens with zero attached hydrogens (tertiary/aromatic N) is 4. The summed E-state index contributed by atoms with van der Waals surface area (Å²) in [4.78, 5) is 37.9. The molecule has 3 heterocycles. The van der Waals surface area contributed by atoms with E-state index < -0.39 is 0 Å². The normalized spacial score (nSPS) is 19.6. The predicted molar refractivity (Wildman–Crippen MR) is 134 cm³/mol. The topological polar surface area (TPSA) is 80.1 Å². The van der Waals surface area contributed by atoms with Crippen LogP contribution in [-0.4, -0.2) is 39.6 Å². The van der Waals surface area contributed by atoms with Crippen LogP contribution in [0.2, 0.25) is 0 Å². The number of hydrogen-bond donors (Lipinski definition) is 1. The minimum atomic E-state index is -0.153. The zero-order valence-corrected chi connectivity index (χ0v) is 19.7. The Kier molecular flexibility index (Phi) is 6.88. The first-order chi connectivity index (χ1) is 16.7. The molecular weight excluding hydrogens is 426 g/mol. The Labute approximate surface area is 200 Å². The van der Waals surface area contributed by atoms with Gasteiger partial charge in [-0.3, -0.25) is 14.2 Å². The molecule has 0 bridgehead atoms. The number of nitrogens with one attached hydrogen (secondary N) is 1. The van der Waals surface area contributed by atoms with Gasteiger partial charge in [0.15, 0.2) is 11.5 Å². The van der Waals surface area contributed by atoms with Crippen LogP contribution in [0.4, 0.5) is 5.82 Å². The van der Waals surface area contributed by atoms with E-state index in [4.69, 9.17) is 4.98 Å². The largest absolute Gasteiger partial charge is 0.353 e. The molecule has 1 aromatic carbocycles. The second kappa shape index (κ2) is 10.4. The first-order valence-corrected chi connectivity index (χ1v) is 12.6. The highest BCUT2D eigenvalue weighted by Gasteiger charge is 2.30. The third kappa shape index (κ3) is 4.98. The Morgan fingerprint density at radius 2 is 1.76 bits per heavy atom. The Morgan fingerprint density at radius 3 is 2.56 bits per heavy atom. The Morgan fingerprint density at radius 1 is 0.971 bits per heavy atom. The summed E-state index contributed by atoms with van der Waals surface area (Å²) >= 11 is 0. The summed E-state index contributed by atoms with van der Waals surface area (Å²) in [5, 5.41) is 3.31. The van der Waals surface area contributed by atoms with E-state index in [0.29, 0.717) is 36.1 Å². The third-order valence-electron chi connectivity index (χ3n) is 7.16. The lowest BCUT2D eigenvalue weighted by Crippen LogP contribution is -2.47. The minimum absolute atomic E-state index is 0.120. The van der Waals surface area contributed by atoms with Gasteiger partial charge in [-0.15, -0.1) is 0 Å². The van der Waals surface area contributed by atoms with Crippen LogP contribution in [0.25, 0.3) is 11.2 Å². The Hall–Kier alpha value is -3.22. The molecule has 1 unspecified atom stereocenters. The molecule has 1 N–H and O–H groups in total. The van der Waals surface area contributed by atoms with Crippen molar-refractivity contribution in [3.8, 4) is 0 Å². The average molecular weight is 460 g/mol. The van der Waals surface area contributed by atoms with E-state index in [0.717, 1.165) is 37.8 Å². The van der Waals surface area contributed by atoms with Crippen LogP contribution in [0.5, 0.6) is 0 Å². The molecule has 1 aliphatic heterocycles. The molecule has 5 rings (SSSR count). The van der Waals surface area contributed by atoms with E-state index in [9.17, 15) is 9.59 Å². The minimum Gasteiger partial charge on any atom is -0.353 e. The lowest BCUT2D eigenvalue weighted by Gasteiger charge is -2.33. The van der Waals surface area contributed by atoms with E-state index in [1.807, 2.05) is 47.4 Å².